The van der Waals surface area contributed by atoms with Gasteiger partial charge in [-0.05, 0) is 13.3 Å². The molecule has 3 rings (SSSR count). The lowest BCUT2D eigenvalue weighted by atomic mass is 10.2. The Morgan fingerprint density at radius 1 is 1.26 bits per heavy atom. The van der Waals surface area contributed by atoms with Crippen molar-refractivity contribution in [3.05, 3.63) is 29.9 Å². The molecule has 2 aromatic heterocycles. The molecule has 1 atom stereocenters. The van der Waals surface area contributed by atoms with Gasteiger partial charge in [0.1, 0.15) is 5.82 Å². The monoisotopic (exact) mass is 318 g/mol. The second kappa shape index (κ2) is 7.23. The van der Waals surface area contributed by atoms with Crippen LogP contribution in [0.5, 0.6) is 0 Å². The highest BCUT2D eigenvalue weighted by Crippen LogP contribution is 2.20. The SMILES string of the molecule is CCCc1noc([C@H](C)N2CCN(Cc3nccn3C)CC2)n1. The van der Waals surface area contributed by atoms with Gasteiger partial charge in [0.2, 0.25) is 5.89 Å². The zero-order valence-corrected chi connectivity index (χ0v) is 14.3. The van der Waals surface area contributed by atoms with Crippen molar-refractivity contribution in [2.75, 3.05) is 26.2 Å². The predicted octanol–water partition coefficient (Wildman–Crippen LogP) is 1.63. The van der Waals surface area contributed by atoms with E-state index in [-0.39, 0.29) is 6.04 Å². The van der Waals surface area contributed by atoms with Crippen molar-refractivity contribution in [1.82, 2.24) is 29.5 Å². The Hall–Kier alpha value is -1.73. The van der Waals surface area contributed by atoms with Crippen molar-refractivity contribution in [1.29, 1.82) is 0 Å². The summed E-state index contributed by atoms with van der Waals surface area (Å²) in [6.07, 6.45) is 5.78. The molecule has 0 aliphatic carbocycles. The van der Waals surface area contributed by atoms with Crippen LogP contribution in [-0.4, -0.2) is 55.7 Å². The van der Waals surface area contributed by atoms with Gasteiger partial charge in [-0.2, -0.15) is 4.98 Å². The first-order valence-electron chi connectivity index (χ1n) is 8.42. The molecule has 0 radical (unpaired) electrons. The summed E-state index contributed by atoms with van der Waals surface area (Å²) in [5.41, 5.74) is 0. The van der Waals surface area contributed by atoms with E-state index in [2.05, 4.69) is 43.3 Å². The van der Waals surface area contributed by atoms with Gasteiger partial charge < -0.3 is 9.09 Å². The summed E-state index contributed by atoms with van der Waals surface area (Å²) in [6.45, 7) is 9.28. The fourth-order valence-corrected chi connectivity index (χ4v) is 2.98. The minimum atomic E-state index is 0.184. The van der Waals surface area contributed by atoms with Crippen LogP contribution in [0.3, 0.4) is 0 Å². The number of hydrogen-bond donors (Lipinski definition) is 0. The Bertz CT molecular complexity index is 614. The van der Waals surface area contributed by atoms with Gasteiger partial charge in [-0.1, -0.05) is 12.1 Å². The van der Waals surface area contributed by atoms with Crippen molar-refractivity contribution in [3.63, 3.8) is 0 Å². The number of piperazine rings is 1. The summed E-state index contributed by atoms with van der Waals surface area (Å²) in [7, 11) is 2.05. The summed E-state index contributed by atoms with van der Waals surface area (Å²) in [4.78, 5) is 13.8. The third-order valence-electron chi connectivity index (χ3n) is 4.56. The number of aryl methyl sites for hydroxylation is 2. The Labute approximate surface area is 137 Å². The van der Waals surface area contributed by atoms with E-state index in [9.17, 15) is 0 Å². The van der Waals surface area contributed by atoms with E-state index in [0.29, 0.717) is 0 Å². The molecule has 1 aliphatic heterocycles. The summed E-state index contributed by atoms with van der Waals surface area (Å²) >= 11 is 0. The maximum atomic E-state index is 5.43. The van der Waals surface area contributed by atoms with E-state index in [0.717, 1.165) is 63.1 Å². The van der Waals surface area contributed by atoms with E-state index in [1.165, 1.54) is 0 Å². The molecule has 23 heavy (non-hydrogen) atoms. The Kier molecular flexibility index (Phi) is 5.07. The smallest absolute Gasteiger partial charge is 0.243 e. The largest absolute Gasteiger partial charge is 0.338 e. The molecular formula is C16H26N6O. The first-order chi connectivity index (χ1) is 11.2. The predicted molar refractivity (Wildman–Crippen MR) is 86.8 cm³/mol. The van der Waals surface area contributed by atoms with Crippen molar-refractivity contribution in [2.24, 2.45) is 7.05 Å². The lowest BCUT2D eigenvalue weighted by Crippen LogP contribution is -2.46. The van der Waals surface area contributed by atoms with Crippen LogP contribution in [0, 0.1) is 0 Å². The summed E-state index contributed by atoms with van der Waals surface area (Å²) in [6, 6.07) is 0.184. The fraction of sp³-hybridized carbons (Fsp3) is 0.688. The van der Waals surface area contributed by atoms with E-state index in [4.69, 9.17) is 4.52 Å². The van der Waals surface area contributed by atoms with Crippen LogP contribution >= 0.6 is 0 Å². The lowest BCUT2D eigenvalue weighted by molar-refractivity contribution is 0.0827. The van der Waals surface area contributed by atoms with Gasteiger partial charge in [0.05, 0.1) is 12.6 Å². The molecule has 7 heteroatoms. The minimum absolute atomic E-state index is 0.184. The molecule has 0 bridgehead atoms. The molecule has 0 unspecified atom stereocenters. The van der Waals surface area contributed by atoms with Gasteiger partial charge in [-0.25, -0.2) is 4.98 Å². The third-order valence-corrected chi connectivity index (χ3v) is 4.56. The van der Waals surface area contributed by atoms with Gasteiger partial charge in [0.25, 0.3) is 0 Å². The van der Waals surface area contributed by atoms with Crippen LogP contribution in [0.4, 0.5) is 0 Å². The average molecular weight is 318 g/mol. The van der Waals surface area contributed by atoms with Crippen molar-refractivity contribution in [2.45, 2.75) is 39.3 Å². The standard InChI is InChI=1S/C16H26N6O/c1-4-5-14-18-16(23-19-14)13(2)22-10-8-21(9-11-22)12-15-17-6-7-20(15)3/h6-7,13H,4-5,8-12H2,1-3H3/t13-/m0/s1. The molecule has 1 saturated heterocycles. The highest BCUT2D eigenvalue weighted by atomic mass is 16.5. The lowest BCUT2D eigenvalue weighted by Gasteiger charge is -2.36. The molecule has 0 amide bonds. The van der Waals surface area contributed by atoms with E-state index in [1.807, 2.05) is 19.4 Å². The van der Waals surface area contributed by atoms with Gasteiger partial charge in [0.15, 0.2) is 5.82 Å². The first-order valence-corrected chi connectivity index (χ1v) is 8.42. The van der Waals surface area contributed by atoms with E-state index >= 15 is 0 Å². The number of aromatic nitrogens is 4. The molecule has 3 heterocycles. The number of hydrogen-bond acceptors (Lipinski definition) is 6. The molecule has 1 aliphatic rings. The highest BCUT2D eigenvalue weighted by molar-refractivity contribution is 4.95. The summed E-state index contributed by atoms with van der Waals surface area (Å²) in [5.74, 6) is 2.68. The molecule has 1 fully saturated rings. The molecule has 126 valence electrons. The van der Waals surface area contributed by atoms with Crippen LogP contribution in [-0.2, 0) is 20.0 Å². The maximum Gasteiger partial charge on any atom is 0.243 e. The molecule has 2 aromatic rings. The first kappa shape index (κ1) is 16.1. The van der Waals surface area contributed by atoms with Crippen LogP contribution < -0.4 is 0 Å². The second-order valence-electron chi connectivity index (χ2n) is 6.24. The average Bonchev–Trinajstić information content (AvgIpc) is 3.18. The Morgan fingerprint density at radius 3 is 2.70 bits per heavy atom. The fourth-order valence-electron chi connectivity index (χ4n) is 2.98. The van der Waals surface area contributed by atoms with Gasteiger partial charge in [-0.15, -0.1) is 0 Å². The van der Waals surface area contributed by atoms with Crippen molar-refractivity contribution < 1.29 is 4.52 Å². The number of imidazole rings is 1. The quantitative estimate of drug-likeness (QED) is 0.807. The van der Waals surface area contributed by atoms with Crippen LogP contribution in [0.1, 0.15) is 43.8 Å². The number of nitrogens with zero attached hydrogens (tertiary/aromatic N) is 6. The zero-order chi connectivity index (χ0) is 16.2. The molecule has 0 saturated carbocycles. The molecule has 0 spiro atoms. The summed E-state index contributed by atoms with van der Waals surface area (Å²) in [5, 5.41) is 4.06. The van der Waals surface area contributed by atoms with Crippen molar-refractivity contribution in [3.8, 4) is 0 Å². The number of rotatable bonds is 6. The van der Waals surface area contributed by atoms with Crippen LogP contribution in [0.25, 0.3) is 0 Å². The third kappa shape index (κ3) is 3.79. The van der Waals surface area contributed by atoms with E-state index in [1.54, 1.807) is 0 Å². The van der Waals surface area contributed by atoms with Crippen LogP contribution in [0.15, 0.2) is 16.9 Å². The van der Waals surface area contributed by atoms with Crippen molar-refractivity contribution >= 4 is 0 Å². The van der Waals surface area contributed by atoms with Gasteiger partial charge >= 0.3 is 0 Å². The van der Waals surface area contributed by atoms with Gasteiger partial charge in [0, 0.05) is 52.0 Å². The van der Waals surface area contributed by atoms with Gasteiger partial charge in [-0.3, -0.25) is 9.80 Å². The molecule has 0 N–H and O–H groups in total. The van der Waals surface area contributed by atoms with Crippen LogP contribution in [0.2, 0.25) is 0 Å². The second-order valence-corrected chi connectivity index (χ2v) is 6.24. The Morgan fingerprint density at radius 2 is 2.04 bits per heavy atom. The highest BCUT2D eigenvalue weighted by Gasteiger charge is 2.26. The van der Waals surface area contributed by atoms with E-state index < -0.39 is 0 Å². The Balaban J connectivity index is 1.52. The molecule has 7 nitrogen and oxygen atoms in total. The zero-order valence-electron chi connectivity index (χ0n) is 14.3. The molecular weight excluding hydrogens is 292 g/mol. The molecule has 0 aromatic carbocycles. The minimum Gasteiger partial charge on any atom is -0.338 e. The topological polar surface area (TPSA) is 63.2 Å². The normalized spacial score (nSPS) is 18.4. The maximum absolute atomic E-state index is 5.43. The summed E-state index contributed by atoms with van der Waals surface area (Å²) < 4.78 is 7.52.